The van der Waals surface area contributed by atoms with Gasteiger partial charge in [-0.2, -0.15) is 0 Å². The number of carbonyl (C=O) groups is 3. The van der Waals surface area contributed by atoms with Crippen molar-refractivity contribution in [3.05, 3.63) is 70.2 Å². The van der Waals surface area contributed by atoms with E-state index in [1.807, 2.05) is 25.1 Å². The third-order valence-corrected chi connectivity index (χ3v) is 6.04. The predicted molar refractivity (Wildman–Crippen MR) is 106 cm³/mol. The molecule has 1 fully saturated rings. The van der Waals surface area contributed by atoms with Gasteiger partial charge in [0.2, 0.25) is 5.91 Å². The van der Waals surface area contributed by atoms with Gasteiger partial charge in [0, 0.05) is 30.1 Å². The van der Waals surface area contributed by atoms with Gasteiger partial charge in [-0.05, 0) is 37.1 Å². The first-order chi connectivity index (χ1) is 13.4. The lowest BCUT2D eigenvalue weighted by Crippen LogP contribution is -2.47. The summed E-state index contributed by atoms with van der Waals surface area (Å²) in [4.78, 5) is 40.3. The largest absolute Gasteiger partial charge is 0.346 e. The summed E-state index contributed by atoms with van der Waals surface area (Å²) in [5.74, 6) is -0.368. The molecule has 28 heavy (non-hydrogen) atoms. The lowest BCUT2D eigenvalue weighted by atomic mass is 9.78. The van der Waals surface area contributed by atoms with Crippen LogP contribution in [0.2, 0.25) is 5.02 Å². The first-order valence-electron chi connectivity index (χ1n) is 9.35. The Morgan fingerprint density at radius 1 is 1.18 bits per heavy atom. The summed E-state index contributed by atoms with van der Waals surface area (Å²) in [6.45, 7) is 2.49. The number of halogens is 1. The number of rotatable bonds is 3. The Hall–Kier alpha value is -2.66. The second kappa shape index (κ2) is 7.06. The predicted octanol–water partition coefficient (Wildman–Crippen LogP) is 3.12. The van der Waals surface area contributed by atoms with Crippen molar-refractivity contribution >= 4 is 29.2 Å². The first kappa shape index (κ1) is 18.7. The standard InChI is InChI=1S/C22H21ClN2O3/c1-22-13-25(19(26)10-9-14-5-4-6-15(23)11-14)12-18(22)24-21(28)17-8-3-2-7-16(17)20(22)27/h2-8,11,18H,9-10,12-13H2,1H3,(H,24,28)/t18-,22+/m1/s1. The van der Waals surface area contributed by atoms with Crippen LogP contribution in [0, 0.1) is 5.41 Å². The molecule has 6 heteroatoms. The number of hydrogen-bond acceptors (Lipinski definition) is 3. The molecule has 2 heterocycles. The maximum atomic E-state index is 13.2. The molecular weight excluding hydrogens is 376 g/mol. The van der Waals surface area contributed by atoms with Gasteiger partial charge in [0.15, 0.2) is 5.78 Å². The monoisotopic (exact) mass is 396 g/mol. The molecule has 0 aliphatic carbocycles. The average molecular weight is 397 g/mol. The van der Waals surface area contributed by atoms with Crippen LogP contribution in [0.5, 0.6) is 0 Å². The Morgan fingerprint density at radius 2 is 1.93 bits per heavy atom. The molecule has 2 aromatic rings. The van der Waals surface area contributed by atoms with Crippen LogP contribution in [-0.4, -0.2) is 41.6 Å². The highest BCUT2D eigenvalue weighted by Gasteiger charge is 2.52. The van der Waals surface area contributed by atoms with E-state index in [2.05, 4.69) is 5.32 Å². The number of likely N-dealkylation sites (tertiary alicyclic amines) is 1. The zero-order valence-corrected chi connectivity index (χ0v) is 16.3. The summed E-state index contributed by atoms with van der Waals surface area (Å²) < 4.78 is 0. The van der Waals surface area contributed by atoms with Gasteiger partial charge in [-0.1, -0.05) is 41.9 Å². The number of benzene rings is 2. The first-order valence-corrected chi connectivity index (χ1v) is 9.73. The van der Waals surface area contributed by atoms with Crippen molar-refractivity contribution in [1.29, 1.82) is 0 Å². The highest BCUT2D eigenvalue weighted by Crippen LogP contribution is 2.37. The number of amides is 2. The molecule has 4 rings (SSSR count). The Bertz CT molecular complexity index is 974. The van der Waals surface area contributed by atoms with E-state index in [4.69, 9.17) is 11.6 Å². The van der Waals surface area contributed by atoms with Crippen LogP contribution in [0.4, 0.5) is 0 Å². The lowest BCUT2D eigenvalue weighted by Gasteiger charge is -2.26. The summed E-state index contributed by atoms with van der Waals surface area (Å²) in [5.41, 5.74) is 1.01. The average Bonchev–Trinajstić information content (AvgIpc) is 3.00. The number of hydrogen-bond donors (Lipinski definition) is 1. The van der Waals surface area contributed by atoms with E-state index in [-0.39, 0.29) is 17.6 Å². The Morgan fingerprint density at radius 3 is 2.68 bits per heavy atom. The van der Waals surface area contributed by atoms with Crippen LogP contribution in [0.1, 0.15) is 39.6 Å². The van der Waals surface area contributed by atoms with Gasteiger partial charge in [-0.15, -0.1) is 0 Å². The minimum Gasteiger partial charge on any atom is -0.346 e. The highest BCUT2D eigenvalue weighted by atomic mass is 35.5. The number of nitrogens with zero attached hydrogens (tertiary/aromatic N) is 1. The molecule has 1 N–H and O–H groups in total. The number of nitrogens with one attached hydrogen (secondary N) is 1. The molecular formula is C22H21ClN2O3. The Kier molecular flexibility index (Phi) is 4.71. The number of Topliss-reactive ketones (excluding diaryl/α,β-unsaturated/α-hetero) is 1. The third-order valence-electron chi connectivity index (χ3n) is 5.80. The van der Waals surface area contributed by atoms with E-state index < -0.39 is 11.5 Å². The zero-order chi connectivity index (χ0) is 19.9. The minimum atomic E-state index is -0.825. The molecule has 2 aliphatic rings. The van der Waals surface area contributed by atoms with E-state index >= 15 is 0 Å². The maximum Gasteiger partial charge on any atom is 0.252 e. The van der Waals surface area contributed by atoms with Gasteiger partial charge < -0.3 is 10.2 Å². The molecule has 0 unspecified atom stereocenters. The molecule has 0 bridgehead atoms. The molecule has 2 aromatic carbocycles. The Labute approximate surface area is 168 Å². The number of fused-ring (bicyclic) bond motifs is 2. The van der Waals surface area contributed by atoms with Crippen molar-refractivity contribution in [2.24, 2.45) is 5.41 Å². The van der Waals surface area contributed by atoms with Crippen LogP contribution in [0.15, 0.2) is 48.5 Å². The van der Waals surface area contributed by atoms with E-state index in [0.29, 0.717) is 42.1 Å². The fraction of sp³-hybridized carbons (Fsp3) is 0.318. The molecule has 5 nitrogen and oxygen atoms in total. The quantitative estimate of drug-likeness (QED) is 0.866. The zero-order valence-electron chi connectivity index (χ0n) is 15.6. The summed E-state index contributed by atoms with van der Waals surface area (Å²) in [6.07, 6.45) is 0.919. The molecule has 144 valence electrons. The van der Waals surface area contributed by atoms with Crippen molar-refractivity contribution in [3.8, 4) is 0 Å². The van der Waals surface area contributed by atoms with Crippen LogP contribution in [0.25, 0.3) is 0 Å². The topological polar surface area (TPSA) is 66.5 Å². The van der Waals surface area contributed by atoms with Crippen molar-refractivity contribution in [2.45, 2.75) is 25.8 Å². The number of ketones is 1. The number of carbonyl (C=O) groups excluding carboxylic acids is 3. The van der Waals surface area contributed by atoms with Gasteiger partial charge in [-0.3, -0.25) is 14.4 Å². The normalized spacial score (nSPS) is 23.6. The molecule has 0 radical (unpaired) electrons. The van der Waals surface area contributed by atoms with Crippen LogP contribution in [-0.2, 0) is 11.2 Å². The second-order valence-electron chi connectivity index (χ2n) is 7.72. The third kappa shape index (κ3) is 3.20. The minimum absolute atomic E-state index is 0.0235. The molecule has 2 atom stereocenters. The van der Waals surface area contributed by atoms with E-state index in [9.17, 15) is 14.4 Å². The van der Waals surface area contributed by atoms with Crippen LogP contribution >= 0.6 is 11.6 Å². The molecule has 0 spiro atoms. The van der Waals surface area contributed by atoms with Crippen molar-refractivity contribution < 1.29 is 14.4 Å². The molecule has 0 saturated carbocycles. The highest BCUT2D eigenvalue weighted by molar-refractivity contribution is 6.30. The second-order valence-corrected chi connectivity index (χ2v) is 8.16. The van der Waals surface area contributed by atoms with Crippen molar-refractivity contribution in [1.82, 2.24) is 10.2 Å². The summed E-state index contributed by atoms with van der Waals surface area (Å²) in [7, 11) is 0. The number of aryl methyl sites for hydroxylation is 1. The fourth-order valence-electron chi connectivity index (χ4n) is 4.14. The summed E-state index contributed by atoms with van der Waals surface area (Å²) in [5, 5.41) is 3.61. The van der Waals surface area contributed by atoms with E-state index in [1.165, 1.54) is 0 Å². The van der Waals surface area contributed by atoms with Gasteiger partial charge in [0.25, 0.3) is 5.91 Å². The smallest absolute Gasteiger partial charge is 0.252 e. The van der Waals surface area contributed by atoms with Crippen LogP contribution < -0.4 is 5.32 Å². The fourth-order valence-corrected chi connectivity index (χ4v) is 4.36. The van der Waals surface area contributed by atoms with E-state index in [1.54, 1.807) is 35.2 Å². The molecule has 1 saturated heterocycles. The van der Waals surface area contributed by atoms with Crippen molar-refractivity contribution in [2.75, 3.05) is 13.1 Å². The molecule has 2 amide bonds. The van der Waals surface area contributed by atoms with Gasteiger partial charge in [0.1, 0.15) is 0 Å². The molecule has 2 aliphatic heterocycles. The van der Waals surface area contributed by atoms with Crippen LogP contribution in [0.3, 0.4) is 0 Å². The summed E-state index contributed by atoms with van der Waals surface area (Å²) >= 11 is 6.00. The Balaban J connectivity index is 1.51. The van der Waals surface area contributed by atoms with Gasteiger partial charge in [0.05, 0.1) is 17.0 Å². The van der Waals surface area contributed by atoms with Gasteiger partial charge in [-0.25, -0.2) is 0 Å². The summed E-state index contributed by atoms with van der Waals surface area (Å²) in [6, 6.07) is 13.9. The van der Waals surface area contributed by atoms with Crippen molar-refractivity contribution in [3.63, 3.8) is 0 Å². The lowest BCUT2D eigenvalue weighted by molar-refractivity contribution is -0.130. The maximum absolute atomic E-state index is 13.2. The SMILES string of the molecule is C[C@]12CN(C(=O)CCc3cccc(Cl)c3)C[C@H]1NC(=O)c1ccccc1C2=O. The van der Waals surface area contributed by atoms with E-state index in [0.717, 1.165) is 5.56 Å². The molecule has 0 aromatic heterocycles. The van der Waals surface area contributed by atoms with Gasteiger partial charge >= 0.3 is 0 Å².